The lowest BCUT2D eigenvalue weighted by molar-refractivity contribution is -0.211. The molecule has 1 N–H and O–H groups in total. The van der Waals surface area contributed by atoms with Crippen LogP contribution in [0.15, 0.2) is 12.2 Å². The predicted molar refractivity (Wildman–Crippen MR) is 43.1 cm³/mol. The first kappa shape index (κ1) is 11.1. The second-order valence-corrected chi connectivity index (χ2v) is 2.24. The van der Waals surface area contributed by atoms with Gasteiger partial charge in [-0.2, -0.15) is 0 Å². The standard InChI is InChI=1S/C8H14O4/c1-4-5-8(10)12-7(3)11-6(2)9/h4-7,9H,1-3H3. The molecule has 70 valence electrons. The average Bonchev–Trinajstić information content (AvgIpc) is 1.84. The fraction of sp³-hybridized carbons (Fsp3) is 0.625. The molecule has 0 aliphatic carbocycles. The molecule has 12 heavy (non-hydrogen) atoms. The number of ether oxygens (including phenoxy) is 2. The third-order valence-electron chi connectivity index (χ3n) is 0.973. The molecule has 0 radical (unpaired) electrons. The van der Waals surface area contributed by atoms with Crippen LogP contribution < -0.4 is 0 Å². The molecule has 4 nitrogen and oxygen atoms in total. The SMILES string of the molecule is CC=CC(=O)OC(C)OC(C)O. The van der Waals surface area contributed by atoms with E-state index in [1.54, 1.807) is 13.0 Å². The van der Waals surface area contributed by atoms with Gasteiger partial charge in [0, 0.05) is 6.08 Å². The number of allylic oxidation sites excluding steroid dienone is 1. The first-order chi connectivity index (χ1) is 5.56. The van der Waals surface area contributed by atoms with Gasteiger partial charge in [0.1, 0.15) is 0 Å². The van der Waals surface area contributed by atoms with Gasteiger partial charge in [0.2, 0.25) is 6.29 Å². The Bertz CT molecular complexity index is 162. The minimum absolute atomic E-state index is 0.481. The van der Waals surface area contributed by atoms with E-state index < -0.39 is 18.5 Å². The minimum Gasteiger partial charge on any atom is -0.433 e. The van der Waals surface area contributed by atoms with E-state index in [1.165, 1.54) is 19.9 Å². The first-order valence-electron chi connectivity index (χ1n) is 3.73. The van der Waals surface area contributed by atoms with Crippen molar-refractivity contribution in [3.05, 3.63) is 12.2 Å². The minimum atomic E-state index is -0.932. The Kier molecular flexibility index (Phi) is 5.32. The molecule has 0 aromatic rings. The largest absolute Gasteiger partial charge is 0.433 e. The summed E-state index contributed by atoms with van der Waals surface area (Å²) >= 11 is 0. The van der Waals surface area contributed by atoms with E-state index >= 15 is 0 Å². The van der Waals surface area contributed by atoms with E-state index in [1.807, 2.05) is 0 Å². The van der Waals surface area contributed by atoms with E-state index in [4.69, 9.17) is 14.6 Å². The summed E-state index contributed by atoms with van der Waals surface area (Å²) in [5.41, 5.74) is 0. The molecule has 2 atom stereocenters. The summed E-state index contributed by atoms with van der Waals surface area (Å²) in [6, 6.07) is 0. The van der Waals surface area contributed by atoms with Crippen molar-refractivity contribution in [2.24, 2.45) is 0 Å². The zero-order chi connectivity index (χ0) is 9.56. The van der Waals surface area contributed by atoms with Crippen LogP contribution in [-0.2, 0) is 14.3 Å². The lowest BCUT2D eigenvalue weighted by atomic mass is 10.5. The molecule has 0 spiro atoms. The van der Waals surface area contributed by atoms with Crippen LogP contribution in [0, 0.1) is 0 Å². The third-order valence-corrected chi connectivity index (χ3v) is 0.973. The van der Waals surface area contributed by atoms with E-state index in [0.717, 1.165) is 0 Å². The molecular formula is C8H14O4. The third kappa shape index (κ3) is 5.88. The number of hydrogen-bond donors (Lipinski definition) is 1. The van der Waals surface area contributed by atoms with E-state index in [2.05, 4.69) is 0 Å². The smallest absolute Gasteiger partial charge is 0.332 e. The highest BCUT2D eigenvalue weighted by Gasteiger charge is 2.08. The maximum Gasteiger partial charge on any atom is 0.332 e. The molecule has 0 aromatic carbocycles. The molecule has 0 amide bonds. The van der Waals surface area contributed by atoms with Crippen molar-refractivity contribution in [1.82, 2.24) is 0 Å². The average molecular weight is 174 g/mol. The van der Waals surface area contributed by atoms with E-state index in [-0.39, 0.29) is 0 Å². The van der Waals surface area contributed by atoms with Crippen molar-refractivity contribution < 1.29 is 19.4 Å². The zero-order valence-corrected chi connectivity index (χ0v) is 7.48. The Morgan fingerprint density at radius 2 is 2.08 bits per heavy atom. The van der Waals surface area contributed by atoms with E-state index in [9.17, 15) is 4.79 Å². The Morgan fingerprint density at radius 1 is 1.50 bits per heavy atom. The maximum atomic E-state index is 10.8. The summed E-state index contributed by atoms with van der Waals surface area (Å²) in [5, 5.41) is 8.73. The van der Waals surface area contributed by atoms with Crippen LogP contribution in [0.2, 0.25) is 0 Å². The van der Waals surface area contributed by atoms with Crippen molar-refractivity contribution >= 4 is 5.97 Å². The molecule has 0 heterocycles. The van der Waals surface area contributed by atoms with Crippen molar-refractivity contribution in [2.75, 3.05) is 0 Å². The number of carbonyl (C=O) groups is 1. The van der Waals surface area contributed by atoms with Crippen LogP contribution in [-0.4, -0.2) is 23.7 Å². The highest BCUT2D eigenvalue weighted by atomic mass is 16.7. The van der Waals surface area contributed by atoms with Gasteiger partial charge in [-0.05, 0) is 20.8 Å². The fourth-order valence-electron chi connectivity index (χ4n) is 0.644. The highest BCUT2D eigenvalue weighted by molar-refractivity contribution is 5.81. The summed E-state index contributed by atoms with van der Waals surface area (Å²) in [6.07, 6.45) is 1.19. The van der Waals surface area contributed by atoms with Gasteiger partial charge in [-0.25, -0.2) is 4.79 Å². The van der Waals surface area contributed by atoms with Crippen LogP contribution in [0.3, 0.4) is 0 Å². The number of aliphatic hydroxyl groups excluding tert-OH is 1. The maximum absolute atomic E-state index is 10.8. The number of hydrogen-bond acceptors (Lipinski definition) is 4. The molecule has 0 fully saturated rings. The van der Waals surface area contributed by atoms with Gasteiger partial charge in [0.25, 0.3) is 0 Å². The van der Waals surface area contributed by atoms with Gasteiger partial charge in [-0.3, -0.25) is 0 Å². The Morgan fingerprint density at radius 3 is 2.50 bits per heavy atom. The molecule has 2 unspecified atom stereocenters. The van der Waals surface area contributed by atoms with Crippen molar-refractivity contribution in [3.8, 4) is 0 Å². The second-order valence-electron chi connectivity index (χ2n) is 2.24. The van der Waals surface area contributed by atoms with Crippen molar-refractivity contribution in [2.45, 2.75) is 33.4 Å². The van der Waals surface area contributed by atoms with Gasteiger partial charge >= 0.3 is 5.97 Å². The van der Waals surface area contributed by atoms with Gasteiger partial charge in [0.05, 0.1) is 0 Å². The van der Waals surface area contributed by atoms with Gasteiger partial charge < -0.3 is 14.6 Å². The summed E-state index contributed by atoms with van der Waals surface area (Å²) in [4.78, 5) is 10.8. The Hall–Kier alpha value is -0.870. The van der Waals surface area contributed by atoms with Crippen LogP contribution in [0.1, 0.15) is 20.8 Å². The number of rotatable bonds is 4. The summed E-state index contributed by atoms with van der Waals surface area (Å²) in [7, 11) is 0. The second kappa shape index (κ2) is 5.74. The normalized spacial score (nSPS) is 16.0. The van der Waals surface area contributed by atoms with Crippen molar-refractivity contribution in [1.29, 1.82) is 0 Å². The van der Waals surface area contributed by atoms with Gasteiger partial charge in [-0.15, -0.1) is 0 Å². The lowest BCUT2D eigenvalue weighted by Crippen LogP contribution is -2.21. The van der Waals surface area contributed by atoms with Gasteiger partial charge in [0.15, 0.2) is 6.29 Å². The molecule has 0 saturated heterocycles. The summed E-state index contributed by atoms with van der Waals surface area (Å²) in [5.74, 6) is -0.481. The van der Waals surface area contributed by atoms with Crippen molar-refractivity contribution in [3.63, 3.8) is 0 Å². The highest BCUT2D eigenvalue weighted by Crippen LogP contribution is 1.98. The van der Waals surface area contributed by atoms with E-state index in [0.29, 0.717) is 0 Å². The number of esters is 1. The number of carbonyl (C=O) groups excluding carboxylic acids is 1. The number of aliphatic hydroxyl groups is 1. The monoisotopic (exact) mass is 174 g/mol. The summed E-state index contributed by atoms with van der Waals surface area (Å²) in [6.45, 7) is 4.69. The fourth-order valence-corrected chi connectivity index (χ4v) is 0.644. The molecular weight excluding hydrogens is 160 g/mol. The first-order valence-corrected chi connectivity index (χ1v) is 3.73. The van der Waals surface area contributed by atoms with Crippen LogP contribution >= 0.6 is 0 Å². The Labute approximate surface area is 71.8 Å². The van der Waals surface area contributed by atoms with Crippen LogP contribution in [0.5, 0.6) is 0 Å². The Balaban J connectivity index is 3.68. The topological polar surface area (TPSA) is 55.8 Å². The van der Waals surface area contributed by atoms with Crippen LogP contribution in [0.25, 0.3) is 0 Å². The molecule has 0 aliphatic rings. The molecule has 0 saturated carbocycles. The molecule has 0 aliphatic heterocycles. The lowest BCUT2D eigenvalue weighted by Gasteiger charge is -2.14. The molecule has 4 heteroatoms. The predicted octanol–water partition coefficient (Wildman–Crippen LogP) is 0.807. The molecule has 0 rings (SSSR count). The summed E-state index contributed by atoms with van der Waals surface area (Å²) < 4.78 is 9.44. The molecule has 0 bridgehead atoms. The zero-order valence-electron chi connectivity index (χ0n) is 7.48. The van der Waals surface area contributed by atoms with Crippen LogP contribution in [0.4, 0.5) is 0 Å². The molecule has 0 aromatic heterocycles. The quantitative estimate of drug-likeness (QED) is 0.389. The van der Waals surface area contributed by atoms with Gasteiger partial charge in [-0.1, -0.05) is 6.08 Å².